The third-order valence-electron chi connectivity index (χ3n) is 4.60. The highest BCUT2D eigenvalue weighted by atomic mass is 35.5. The van der Waals surface area contributed by atoms with E-state index in [1.807, 2.05) is 12.1 Å². The molecule has 0 unspecified atom stereocenters. The Bertz CT molecular complexity index is 553. The molecule has 1 aromatic carbocycles. The zero-order chi connectivity index (χ0) is 14.4. The quantitative estimate of drug-likeness (QED) is 0.931. The number of aliphatic hydroxyl groups is 1. The van der Waals surface area contributed by atoms with Gasteiger partial charge in [0.1, 0.15) is 0 Å². The Morgan fingerprint density at radius 3 is 2.76 bits per heavy atom. The van der Waals surface area contributed by atoms with Crippen molar-refractivity contribution in [3.8, 4) is 11.5 Å². The minimum absolute atomic E-state index is 0.435. The number of fused-ring (bicyclic) bond motifs is 1. The molecule has 1 saturated heterocycles. The maximum atomic E-state index is 10.4. The number of hydrogen-bond donors (Lipinski definition) is 1. The number of rotatable bonds is 3. The van der Waals surface area contributed by atoms with Crippen molar-refractivity contribution in [1.82, 2.24) is 4.90 Å². The van der Waals surface area contributed by atoms with Crippen LogP contribution in [0.5, 0.6) is 11.5 Å². The summed E-state index contributed by atoms with van der Waals surface area (Å²) >= 11 is 6.31. The first kappa shape index (κ1) is 13.7. The largest absolute Gasteiger partial charge is 0.489 e. The highest BCUT2D eigenvalue weighted by Crippen LogP contribution is 2.45. The zero-order valence-electron chi connectivity index (χ0n) is 12.0. The first-order valence-electron chi connectivity index (χ1n) is 7.67. The van der Waals surface area contributed by atoms with Crippen molar-refractivity contribution >= 4 is 11.6 Å². The number of hydrogen-bond acceptors (Lipinski definition) is 4. The summed E-state index contributed by atoms with van der Waals surface area (Å²) < 4.78 is 11.4. The van der Waals surface area contributed by atoms with Gasteiger partial charge in [0.15, 0.2) is 11.5 Å². The average Bonchev–Trinajstić information content (AvgIpc) is 3.24. The van der Waals surface area contributed by atoms with E-state index in [2.05, 4.69) is 4.90 Å². The van der Waals surface area contributed by atoms with Crippen LogP contribution in [0.1, 0.15) is 24.8 Å². The van der Waals surface area contributed by atoms with Crippen molar-refractivity contribution in [2.75, 3.05) is 26.3 Å². The first-order chi connectivity index (χ1) is 10.1. The van der Waals surface area contributed by atoms with Gasteiger partial charge in [-0.05, 0) is 36.5 Å². The molecule has 2 aliphatic heterocycles. The Kier molecular flexibility index (Phi) is 3.28. The highest BCUT2D eigenvalue weighted by Gasteiger charge is 2.51. The van der Waals surface area contributed by atoms with Crippen LogP contribution in [0.2, 0.25) is 5.02 Å². The van der Waals surface area contributed by atoms with Crippen molar-refractivity contribution < 1.29 is 14.6 Å². The molecule has 0 bridgehead atoms. The molecule has 0 atom stereocenters. The van der Waals surface area contributed by atoms with Crippen molar-refractivity contribution in [3.05, 3.63) is 22.7 Å². The first-order valence-corrected chi connectivity index (χ1v) is 8.05. The molecule has 0 aromatic heterocycles. The number of halogens is 1. The Labute approximate surface area is 129 Å². The van der Waals surface area contributed by atoms with E-state index in [0.29, 0.717) is 29.9 Å². The second-order valence-corrected chi connectivity index (χ2v) is 6.89. The summed E-state index contributed by atoms with van der Waals surface area (Å²) in [7, 11) is 0. The molecule has 0 spiro atoms. The van der Waals surface area contributed by atoms with Gasteiger partial charge >= 0.3 is 0 Å². The normalized spacial score (nSPS) is 24.3. The van der Waals surface area contributed by atoms with Gasteiger partial charge in [0, 0.05) is 26.1 Å². The van der Waals surface area contributed by atoms with E-state index in [1.54, 1.807) is 0 Å². The Morgan fingerprint density at radius 1 is 1.24 bits per heavy atom. The zero-order valence-corrected chi connectivity index (χ0v) is 12.7. The molecule has 1 aliphatic carbocycles. The van der Waals surface area contributed by atoms with E-state index in [9.17, 15) is 5.11 Å². The molecule has 2 heterocycles. The summed E-state index contributed by atoms with van der Waals surface area (Å²) in [6.07, 6.45) is 3.24. The lowest BCUT2D eigenvalue weighted by Gasteiger charge is -2.47. The minimum atomic E-state index is -0.435. The number of β-amino-alcohol motifs (C(OH)–C–C–N with tert-alkyl or cyclic N) is 1. The molecular weight excluding hydrogens is 290 g/mol. The van der Waals surface area contributed by atoms with Crippen molar-refractivity contribution in [2.24, 2.45) is 5.92 Å². The molecule has 5 heteroatoms. The van der Waals surface area contributed by atoms with Gasteiger partial charge in [0.05, 0.1) is 23.8 Å². The van der Waals surface area contributed by atoms with Gasteiger partial charge < -0.3 is 14.6 Å². The number of likely N-dealkylation sites (tertiary alicyclic amines) is 1. The molecule has 1 N–H and O–H groups in total. The summed E-state index contributed by atoms with van der Waals surface area (Å²) in [5.41, 5.74) is 0.678. The minimum Gasteiger partial charge on any atom is -0.489 e. The van der Waals surface area contributed by atoms with Gasteiger partial charge in [-0.15, -0.1) is 0 Å². The fourth-order valence-electron chi connectivity index (χ4n) is 3.35. The standard InChI is InChI=1S/C16H20ClNO3/c17-13-6-11(7-14-15(13)21-5-1-4-20-14)8-18-9-16(19,10-18)12-2-3-12/h6-7,12,19H,1-5,8-10H2. The molecule has 114 valence electrons. The number of benzene rings is 1. The summed E-state index contributed by atoms with van der Waals surface area (Å²) in [6, 6.07) is 3.96. The fourth-order valence-corrected chi connectivity index (χ4v) is 3.64. The molecular formula is C16H20ClNO3. The third kappa shape index (κ3) is 2.60. The van der Waals surface area contributed by atoms with Crippen LogP contribution in [0.25, 0.3) is 0 Å². The summed E-state index contributed by atoms with van der Waals surface area (Å²) in [6.45, 7) is 3.64. The van der Waals surface area contributed by atoms with Crippen LogP contribution >= 0.6 is 11.6 Å². The topological polar surface area (TPSA) is 41.9 Å². The maximum absolute atomic E-state index is 10.4. The predicted molar refractivity (Wildman–Crippen MR) is 80.0 cm³/mol. The van der Waals surface area contributed by atoms with Gasteiger partial charge in [-0.25, -0.2) is 0 Å². The smallest absolute Gasteiger partial charge is 0.179 e. The van der Waals surface area contributed by atoms with Gasteiger partial charge in [0.25, 0.3) is 0 Å². The molecule has 1 saturated carbocycles. The van der Waals surface area contributed by atoms with Crippen LogP contribution in [0, 0.1) is 5.92 Å². The van der Waals surface area contributed by atoms with Gasteiger partial charge in [0.2, 0.25) is 0 Å². The maximum Gasteiger partial charge on any atom is 0.179 e. The van der Waals surface area contributed by atoms with Crippen LogP contribution in [0.3, 0.4) is 0 Å². The van der Waals surface area contributed by atoms with E-state index in [0.717, 1.165) is 37.4 Å². The molecule has 4 nitrogen and oxygen atoms in total. The third-order valence-corrected chi connectivity index (χ3v) is 4.88. The lowest BCUT2D eigenvalue weighted by Crippen LogP contribution is -2.62. The van der Waals surface area contributed by atoms with Crippen LogP contribution < -0.4 is 9.47 Å². The summed E-state index contributed by atoms with van der Waals surface area (Å²) in [5, 5.41) is 11.0. The van der Waals surface area contributed by atoms with Crippen LogP contribution in [0.15, 0.2) is 12.1 Å². The highest BCUT2D eigenvalue weighted by molar-refractivity contribution is 6.32. The van der Waals surface area contributed by atoms with Crippen molar-refractivity contribution in [3.63, 3.8) is 0 Å². The van der Waals surface area contributed by atoms with E-state index < -0.39 is 5.60 Å². The van der Waals surface area contributed by atoms with E-state index >= 15 is 0 Å². The van der Waals surface area contributed by atoms with Crippen molar-refractivity contribution in [1.29, 1.82) is 0 Å². The second kappa shape index (κ2) is 5.04. The summed E-state index contributed by atoms with van der Waals surface area (Å²) in [5.74, 6) is 1.94. The SMILES string of the molecule is OC1(C2CC2)CN(Cc2cc(Cl)c3c(c2)OCCCO3)C1. The lowest BCUT2D eigenvalue weighted by atomic mass is 9.88. The molecule has 2 fully saturated rings. The lowest BCUT2D eigenvalue weighted by molar-refractivity contribution is -0.116. The molecule has 0 amide bonds. The van der Waals surface area contributed by atoms with Crippen LogP contribution in [0.4, 0.5) is 0 Å². The molecule has 1 aromatic rings. The van der Waals surface area contributed by atoms with Crippen LogP contribution in [-0.4, -0.2) is 41.9 Å². The Balaban J connectivity index is 1.46. The van der Waals surface area contributed by atoms with Gasteiger partial charge in [-0.1, -0.05) is 11.6 Å². The molecule has 3 aliphatic rings. The fraction of sp³-hybridized carbons (Fsp3) is 0.625. The monoisotopic (exact) mass is 309 g/mol. The molecule has 21 heavy (non-hydrogen) atoms. The second-order valence-electron chi connectivity index (χ2n) is 6.48. The Morgan fingerprint density at radius 2 is 2.00 bits per heavy atom. The van der Waals surface area contributed by atoms with E-state index in [4.69, 9.17) is 21.1 Å². The Hall–Kier alpha value is -0.970. The predicted octanol–water partition coefficient (Wildman–Crippen LogP) is 2.46. The van der Waals surface area contributed by atoms with E-state index in [1.165, 1.54) is 12.8 Å². The summed E-state index contributed by atoms with van der Waals surface area (Å²) in [4.78, 5) is 2.26. The molecule has 0 radical (unpaired) electrons. The molecule has 4 rings (SSSR count). The van der Waals surface area contributed by atoms with Gasteiger partial charge in [-0.2, -0.15) is 0 Å². The van der Waals surface area contributed by atoms with Crippen molar-refractivity contribution in [2.45, 2.75) is 31.4 Å². The van der Waals surface area contributed by atoms with Crippen LogP contribution in [-0.2, 0) is 6.54 Å². The number of ether oxygens (including phenoxy) is 2. The average molecular weight is 310 g/mol. The van der Waals surface area contributed by atoms with Gasteiger partial charge in [-0.3, -0.25) is 4.90 Å². The van der Waals surface area contributed by atoms with E-state index in [-0.39, 0.29) is 0 Å². The number of nitrogens with zero attached hydrogens (tertiary/aromatic N) is 1.